The van der Waals surface area contributed by atoms with Crippen molar-refractivity contribution in [3.63, 3.8) is 0 Å². The molecular weight excluding hydrogens is 250 g/mol. The van der Waals surface area contributed by atoms with Gasteiger partial charge in [-0.15, -0.1) is 0 Å². The van der Waals surface area contributed by atoms with Crippen LogP contribution in [0.3, 0.4) is 0 Å². The second kappa shape index (κ2) is 5.87. The first-order valence-corrected chi connectivity index (χ1v) is 7.01. The summed E-state index contributed by atoms with van der Waals surface area (Å²) < 4.78 is 10.6. The van der Waals surface area contributed by atoms with Gasteiger partial charge >= 0.3 is 0 Å². The number of anilines is 1. The number of rotatable bonds is 0. The van der Waals surface area contributed by atoms with Crippen molar-refractivity contribution in [2.45, 2.75) is 13.3 Å². The van der Waals surface area contributed by atoms with Gasteiger partial charge in [0.25, 0.3) is 0 Å². The minimum atomic E-state index is 0.664. The molecule has 0 unspecified atom stereocenters. The molecular formula is C17H19NO2. The van der Waals surface area contributed by atoms with Gasteiger partial charge in [-0.05, 0) is 36.6 Å². The highest BCUT2D eigenvalue weighted by Gasteiger charge is 2.10. The van der Waals surface area contributed by atoms with E-state index in [9.17, 15) is 0 Å². The Morgan fingerprint density at radius 1 is 0.900 bits per heavy atom. The largest absolute Gasteiger partial charge is 0.486 e. The molecule has 104 valence electrons. The summed E-state index contributed by atoms with van der Waals surface area (Å²) in [6, 6.07) is 14.2. The first-order chi connectivity index (χ1) is 9.84. The van der Waals surface area contributed by atoms with Gasteiger partial charge in [-0.2, -0.15) is 0 Å². The average Bonchev–Trinajstić information content (AvgIpc) is 2.98. The third-order valence-electron chi connectivity index (χ3n) is 3.50. The highest BCUT2D eigenvalue weighted by atomic mass is 16.6. The van der Waals surface area contributed by atoms with Crippen molar-refractivity contribution in [1.29, 1.82) is 0 Å². The van der Waals surface area contributed by atoms with Gasteiger partial charge in [0.2, 0.25) is 0 Å². The fourth-order valence-corrected chi connectivity index (χ4v) is 2.50. The van der Waals surface area contributed by atoms with E-state index in [1.165, 1.54) is 23.2 Å². The van der Waals surface area contributed by atoms with E-state index in [-0.39, 0.29) is 0 Å². The summed E-state index contributed by atoms with van der Waals surface area (Å²) in [4.78, 5) is 0. The maximum atomic E-state index is 5.30. The van der Waals surface area contributed by atoms with Crippen LogP contribution < -0.4 is 14.8 Å². The van der Waals surface area contributed by atoms with Gasteiger partial charge in [0.05, 0.1) is 0 Å². The molecule has 3 nitrogen and oxygen atoms in total. The van der Waals surface area contributed by atoms with Crippen molar-refractivity contribution in [3.8, 4) is 11.5 Å². The van der Waals surface area contributed by atoms with E-state index in [4.69, 9.17) is 9.47 Å². The summed E-state index contributed by atoms with van der Waals surface area (Å²) >= 11 is 0. The van der Waals surface area contributed by atoms with Crippen LogP contribution in [0.1, 0.15) is 11.1 Å². The Morgan fingerprint density at radius 2 is 1.60 bits per heavy atom. The van der Waals surface area contributed by atoms with Gasteiger partial charge < -0.3 is 14.8 Å². The van der Waals surface area contributed by atoms with E-state index in [1.54, 1.807) is 0 Å². The molecule has 20 heavy (non-hydrogen) atoms. The van der Waals surface area contributed by atoms with Gasteiger partial charge in [-0.3, -0.25) is 0 Å². The number of aryl methyl sites for hydroxylation is 1. The molecule has 0 radical (unpaired) electrons. The lowest BCUT2D eigenvalue weighted by Gasteiger charge is -2.17. The Kier molecular flexibility index (Phi) is 3.77. The molecule has 0 spiro atoms. The topological polar surface area (TPSA) is 30.5 Å². The van der Waals surface area contributed by atoms with E-state index in [2.05, 4.69) is 30.4 Å². The number of para-hydroxylation sites is 3. The summed E-state index contributed by atoms with van der Waals surface area (Å²) in [5, 5.41) is 3.37. The summed E-state index contributed by atoms with van der Waals surface area (Å²) in [6.45, 7) is 4.59. The molecule has 2 aliphatic heterocycles. The van der Waals surface area contributed by atoms with Crippen LogP contribution in [0.2, 0.25) is 0 Å². The zero-order chi connectivity index (χ0) is 13.8. The van der Waals surface area contributed by atoms with Crippen LogP contribution in [0.5, 0.6) is 11.5 Å². The molecule has 0 amide bonds. The quantitative estimate of drug-likeness (QED) is 0.795. The SMILES string of the molecule is Cc1cccc2c1NCC2.c1ccc2c(c1)OCCO2. The average molecular weight is 269 g/mol. The maximum absolute atomic E-state index is 5.30. The van der Waals surface area contributed by atoms with Crippen LogP contribution in [0, 0.1) is 6.92 Å². The Bertz CT molecular complexity index is 570. The van der Waals surface area contributed by atoms with Crippen molar-refractivity contribution in [3.05, 3.63) is 53.6 Å². The van der Waals surface area contributed by atoms with Gasteiger partial charge in [0.1, 0.15) is 13.2 Å². The van der Waals surface area contributed by atoms with Gasteiger partial charge in [-0.25, -0.2) is 0 Å². The van der Waals surface area contributed by atoms with Crippen LogP contribution in [-0.4, -0.2) is 19.8 Å². The second-order valence-corrected chi connectivity index (χ2v) is 4.93. The molecule has 0 atom stereocenters. The Hall–Kier alpha value is -2.16. The van der Waals surface area contributed by atoms with Crippen LogP contribution in [0.25, 0.3) is 0 Å². The molecule has 0 fully saturated rings. The van der Waals surface area contributed by atoms with Crippen LogP contribution in [0.15, 0.2) is 42.5 Å². The zero-order valence-corrected chi connectivity index (χ0v) is 11.7. The molecule has 2 aromatic rings. The zero-order valence-electron chi connectivity index (χ0n) is 11.7. The molecule has 2 aromatic carbocycles. The van der Waals surface area contributed by atoms with Crippen molar-refractivity contribution in [2.24, 2.45) is 0 Å². The first kappa shape index (κ1) is 12.9. The number of nitrogens with one attached hydrogen (secondary N) is 1. The highest BCUT2D eigenvalue weighted by Crippen LogP contribution is 2.28. The van der Waals surface area contributed by atoms with Crippen LogP contribution in [0.4, 0.5) is 5.69 Å². The van der Waals surface area contributed by atoms with Crippen LogP contribution in [-0.2, 0) is 6.42 Å². The second-order valence-electron chi connectivity index (χ2n) is 4.93. The molecule has 4 rings (SSSR count). The fourth-order valence-electron chi connectivity index (χ4n) is 2.50. The van der Waals surface area contributed by atoms with E-state index in [0.717, 1.165) is 18.0 Å². The number of ether oxygens (including phenoxy) is 2. The molecule has 0 saturated heterocycles. The van der Waals surface area contributed by atoms with Crippen molar-refractivity contribution in [2.75, 3.05) is 25.1 Å². The normalized spacial score (nSPS) is 14.7. The van der Waals surface area contributed by atoms with Crippen LogP contribution >= 0.6 is 0 Å². The number of hydrogen-bond acceptors (Lipinski definition) is 3. The molecule has 0 aromatic heterocycles. The van der Waals surface area contributed by atoms with Crippen molar-refractivity contribution in [1.82, 2.24) is 0 Å². The van der Waals surface area contributed by atoms with E-state index in [1.807, 2.05) is 24.3 Å². The smallest absolute Gasteiger partial charge is 0.161 e. The fraction of sp³-hybridized carbons (Fsp3) is 0.294. The Balaban J connectivity index is 0.000000121. The molecule has 0 bridgehead atoms. The molecule has 0 saturated carbocycles. The lowest BCUT2D eigenvalue weighted by molar-refractivity contribution is 0.171. The summed E-state index contributed by atoms with van der Waals surface area (Å²) in [7, 11) is 0. The number of fused-ring (bicyclic) bond motifs is 2. The van der Waals surface area contributed by atoms with Crippen molar-refractivity contribution < 1.29 is 9.47 Å². The minimum absolute atomic E-state index is 0.664. The third kappa shape index (κ3) is 2.72. The predicted molar refractivity (Wildman–Crippen MR) is 80.8 cm³/mol. The molecule has 3 heteroatoms. The van der Waals surface area contributed by atoms with E-state index in [0.29, 0.717) is 13.2 Å². The van der Waals surface area contributed by atoms with E-state index < -0.39 is 0 Å². The summed E-state index contributed by atoms with van der Waals surface area (Å²) in [5.74, 6) is 1.71. The van der Waals surface area contributed by atoms with Crippen molar-refractivity contribution >= 4 is 5.69 Å². The molecule has 2 heterocycles. The lowest BCUT2D eigenvalue weighted by Crippen LogP contribution is -2.14. The number of hydrogen-bond donors (Lipinski definition) is 1. The molecule has 1 N–H and O–H groups in total. The van der Waals surface area contributed by atoms with Gasteiger partial charge in [-0.1, -0.05) is 30.3 Å². The third-order valence-corrected chi connectivity index (χ3v) is 3.50. The first-order valence-electron chi connectivity index (χ1n) is 7.01. The standard InChI is InChI=1S/C9H11N.C8H8O2/c1-7-3-2-4-8-5-6-10-9(7)8;1-2-4-8-7(3-1)9-5-6-10-8/h2-4,10H,5-6H2,1H3;1-4H,5-6H2. The Labute approximate surface area is 119 Å². The predicted octanol–water partition coefficient (Wildman–Crippen LogP) is 3.42. The minimum Gasteiger partial charge on any atom is -0.486 e. The van der Waals surface area contributed by atoms with Gasteiger partial charge in [0.15, 0.2) is 11.5 Å². The van der Waals surface area contributed by atoms with Gasteiger partial charge in [0, 0.05) is 12.2 Å². The highest BCUT2D eigenvalue weighted by molar-refractivity contribution is 5.60. The maximum Gasteiger partial charge on any atom is 0.161 e. The monoisotopic (exact) mass is 269 g/mol. The molecule has 0 aliphatic carbocycles. The van der Waals surface area contributed by atoms with E-state index >= 15 is 0 Å². The Morgan fingerprint density at radius 3 is 2.25 bits per heavy atom. The molecule has 2 aliphatic rings. The number of benzene rings is 2. The summed E-state index contributed by atoms with van der Waals surface area (Å²) in [6.07, 6.45) is 1.19. The summed E-state index contributed by atoms with van der Waals surface area (Å²) in [5.41, 5.74) is 4.21. The lowest BCUT2D eigenvalue weighted by atomic mass is 10.1.